The molecule has 0 spiro atoms. The van der Waals surface area contributed by atoms with E-state index < -0.39 is 11.5 Å². The van der Waals surface area contributed by atoms with Gasteiger partial charge in [0.15, 0.2) is 0 Å². The zero-order valence-corrected chi connectivity index (χ0v) is 10.6. The van der Waals surface area contributed by atoms with E-state index in [1.165, 1.54) is 0 Å². The molecule has 0 aromatic carbocycles. The average Bonchev–Trinajstić information content (AvgIpc) is 2.21. The van der Waals surface area contributed by atoms with Crippen molar-refractivity contribution in [2.75, 3.05) is 0 Å². The van der Waals surface area contributed by atoms with E-state index in [-0.39, 0.29) is 16.9 Å². The predicted molar refractivity (Wildman–Crippen MR) is 67.0 cm³/mol. The van der Waals surface area contributed by atoms with Crippen molar-refractivity contribution in [2.45, 2.75) is 51.7 Å². The maximum Gasteiger partial charge on any atom is 0.232 e. The molecule has 92 valence electrons. The molecular weight excluding hydrogens is 224 g/mol. The monoisotopic (exact) mass is 244 g/mol. The molecule has 0 aromatic rings. The summed E-state index contributed by atoms with van der Waals surface area (Å²) in [7, 11) is 0. The Bertz CT molecular complexity index is 292. The first-order valence-electron chi connectivity index (χ1n) is 5.64. The minimum absolute atomic E-state index is 0.158. The smallest absolute Gasteiger partial charge is 0.232 e. The van der Waals surface area contributed by atoms with E-state index in [0.29, 0.717) is 0 Å². The maximum atomic E-state index is 11.9. The van der Waals surface area contributed by atoms with Gasteiger partial charge in [-0.1, -0.05) is 25.1 Å². The number of aliphatic hydroxyl groups excluding tert-OH is 1. The third kappa shape index (κ3) is 2.92. The Labute approximate surface area is 102 Å². The molecule has 2 atom stereocenters. The summed E-state index contributed by atoms with van der Waals surface area (Å²) >= 11 is 4.86. The average molecular weight is 244 g/mol. The number of thiocarbonyl (C=S) groups is 1. The number of nitrogens with two attached hydrogens (primary N) is 1. The van der Waals surface area contributed by atoms with Gasteiger partial charge >= 0.3 is 0 Å². The van der Waals surface area contributed by atoms with Gasteiger partial charge in [-0.25, -0.2) is 0 Å². The fourth-order valence-electron chi connectivity index (χ4n) is 1.74. The molecule has 1 aliphatic carbocycles. The molecule has 4 nitrogen and oxygen atoms in total. The minimum atomic E-state index is -0.855. The van der Waals surface area contributed by atoms with Crippen LogP contribution in [0.25, 0.3) is 0 Å². The number of rotatable bonds is 3. The maximum absolute atomic E-state index is 11.9. The Morgan fingerprint density at radius 3 is 2.50 bits per heavy atom. The molecule has 0 aliphatic heterocycles. The highest BCUT2D eigenvalue weighted by Crippen LogP contribution is 2.21. The Kier molecular flexibility index (Phi) is 4.27. The summed E-state index contributed by atoms with van der Waals surface area (Å²) in [6.45, 7) is 3.39. The van der Waals surface area contributed by atoms with Crippen LogP contribution in [-0.4, -0.2) is 28.1 Å². The summed E-state index contributed by atoms with van der Waals surface area (Å²) in [6, 6.07) is -0.158. The molecule has 0 heterocycles. The predicted octanol–water partition coefficient (Wildman–Crippen LogP) is 0.718. The van der Waals surface area contributed by atoms with Crippen molar-refractivity contribution in [1.29, 1.82) is 0 Å². The van der Waals surface area contributed by atoms with Crippen LogP contribution in [0.1, 0.15) is 39.5 Å². The summed E-state index contributed by atoms with van der Waals surface area (Å²) in [5, 5.41) is 12.6. The van der Waals surface area contributed by atoms with Crippen molar-refractivity contribution in [3.05, 3.63) is 0 Å². The number of nitrogens with one attached hydrogen (secondary N) is 1. The number of hydrogen-bond donors (Lipinski definition) is 3. The van der Waals surface area contributed by atoms with Gasteiger partial charge in [0.25, 0.3) is 0 Å². The third-order valence-corrected chi connectivity index (χ3v) is 3.74. The lowest BCUT2D eigenvalue weighted by Crippen LogP contribution is -2.52. The van der Waals surface area contributed by atoms with E-state index in [1.807, 2.05) is 0 Å². The normalized spacial score (nSPS) is 26.2. The highest BCUT2D eigenvalue weighted by Gasteiger charge is 2.34. The fourth-order valence-corrected chi connectivity index (χ4v) is 1.83. The van der Waals surface area contributed by atoms with Crippen LogP contribution in [-0.2, 0) is 4.79 Å². The first kappa shape index (κ1) is 13.4. The quantitative estimate of drug-likeness (QED) is 0.639. The molecule has 5 heteroatoms. The van der Waals surface area contributed by atoms with Gasteiger partial charge in [0, 0.05) is 0 Å². The van der Waals surface area contributed by atoms with Crippen molar-refractivity contribution >= 4 is 23.1 Å². The van der Waals surface area contributed by atoms with Crippen molar-refractivity contribution in [2.24, 2.45) is 11.1 Å². The Hall–Kier alpha value is -0.680. The largest absolute Gasteiger partial charge is 0.392 e. The highest BCUT2D eigenvalue weighted by atomic mass is 32.1. The molecule has 1 fully saturated rings. The van der Waals surface area contributed by atoms with Gasteiger partial charge in [-0.15, -0.1) is 0 Å². The molecule has 0 aromatic heterocycles. The first-order valence-corrected chi connectivity index (χ1v) is 6.05. The van der Waals surface area contributed by atoms with Gasteiger partial charge < -0.3 is 16.2 Å². The lowest BCUT2D eigenvalue weighted by molar-refractivity contribution is -0.128. The Balaban J connectivity index is 2.59. The van der Waals surface area contributed by atoms with Crippen LogP contribution in [0.3, 0.4) is 0 Å². The second-order valence-corrected chi connectivity index (χ2v) is 5.36. The van der Waals surface area contributed by atoms with Gasteiger partial charge in [0.05, 0.1) is 22.5 Å². The second-order valence-electron chi connectivity index (χ2n) is 4.92. The zero-order valence-electron chi connectivity index (χ0n) is 9.82. The fraction of sp³-hybridized carbons (Fsp3) is 0.818. The number of aliphatic hydroxyl groups is 1. The van der Waals surface area contributed by atoms with E-state index in [1.54, 1.807) is 13.8 Å². The molecule has 1 rings (SSSR count). The summed E-state index contributed by atoms with van der Waals surface area (Å²) in [4.78, 5) is 12.1. The van der Waals surface area contributed by atoms with Gasteiger partial charge in [-0.3, -0.25) is 4.79 Å². The standard InChI is InChI=1S/C11H20N2O2S/c1-11(2,9(12)16)10(15)13-7-5-3-4-6-8(7)14/h7-8,14H,3-6H2,1-2H3,(H2,12,16)(H,13,15). The lowest BCUT2D eigenvalue weighted by atomic mass is 9.88. The van der Waals surface area contributed by atoms with Crippen molar-refractivity contribution < 1.29 is 9.90 Å². The third-order valence-electron chi connectivity index (χ3n) is 3.23. The molecule has 16 heavy (non-hydrogen) atoms. The summed E-state index contributed by atoms with van der Waals surface area (Å²) in [5.41, 5.74) is 4.66. The molecule has 0 bridgehead atoms. The van der Waals surface area contributed by atoms with Crippen molar-refractivity contribution in [3.8, 4) is 0 Å². The van der Waals surface area contributed by atoms with Gasteiger partial charge in [0.2, 0.25) is 5.91 Å². The molecule has 1 saturated carbocycles. The second kappa shape index (κ2) is 5.10. The number of hydrogen-bond acceptors (Lipinski definition) is 3. The highest BCUT2D eigenvalue weighted by molar-refractivity contribution is 7.80. The van der Waals surface area contributed by atoms with Crippen LogP contribution in [0, 0.1) is 5.41 Å². The summed E-state index contributed by atoms with van der Waals surface area (Å²) in [5.74, 6) is -0.203. The van der Waals surface area contributed by atoms with E-state index >= 15 is 0 Å². The SMILES string of the molecule is CC(C)(C(=O)NC1CCCCC1O)C(N)=S. The molecule has 0 radical (unpaired) electrons. The van der Waals surface area contributed by atoms with Crippen LogP contribution in [0.2, 0.25) is 0 Å². The van der Waals surface area contributed by atoms with Gasteiger partial charge in [0.1, 0.15) is 0 Å². The van der Waals surface area contributed by atoms with Crippen molar-refractivity contribution in [1.82, 2.24) is 5.32 Å². The van der Waals surface area contributed by atoms with Gasteiger partial charge in [-0.05, 0) is 26.7 Å². The van der Waals surface area contributed by atoms with E-state index in [0.717, 1.165) is 25.7 Å². The van der Waals surface area contributed by atoms with Crippen LogP contribution in [0.4, 0.5) is 0 Å². The molecule has 1 aliphatic rings. The van der Waals surface area contributed by atoms with E-state index in [9.17, 15) is 9.90 Å². The van der Waals surface area contributed by atoms with Crippen LogP contribution in [0.5, 0.6) is 0 Å². The number of amides is 1. The van der Waals surface area contributed by atoms with E-state index in [4.69, 9.17) is 18.0 Å². The van der Waals surface area contributed by atoms with Crippen LogP contribution < -0.4 is 11.1 Å². The zero-order chi connectivity index (χ0) is 12.3. The summed E-state index contributed by atoms with van der Waals surface area (Å²) < 4.78 is 0. The first-order chi connectivity index (χ1) is 7.35. The number of carbonyl (C=O) groups is 1. The Morgan fingerprint density at radius 2 is 2.00 bits per heavy atom. The molecule has 4 N–H and O–H groups in total. The number of carbonyl (C=O) groups excluding carboxylic acids is 1. The van der Waals surface area contributed by atoms with Crippen LogP contribution in [0.15, 0.2) is 0 Å². The minimum Gasteiger partial charge on any atom is -0.392 e. The van der Waals surface area contributed by atoms with Crippen molar-refractivity contribution in [3.63, 3.8) is 0 Å². The Morgan fingerprint density at radius 1 is 1.44 bits per heavy atom. The van der Waals surface area contributed by atoms with Crippen LogP contribution >= 0.6 is 12.2 Å². The van der Waals surface area contributed by atoms with Gasteiger partial charge in [-0.2, -0.15) is 0 Å². The lowest BCUT2D eigenvalue weighted by Gasteiger charge is -2.31. The molecule has 0 saturated heterocycles. The molecule has 2 unspecified atom stereocenters. The topological polar surface area (TPSA) is 75.3 Å². The molecule has 1 amide bonds. The van der Waals surface area contributed by atoms with E-state index in [2.05, 4.69) is 5.32 Å². The molecular formula is C11H20N2O2S. The summed E-state index contributed by atoms with van der Waals surface area (Å²) in [6.07, 6.45) is 3.18.